The van der Waals surface area contributed by atoms with Crippen molar-refractivity contribution in [1.29, 1.82) is 0 Å². The summed E-state index contributed by atoms with van der Waals surface area (Å²) in [6, 6.07) is 0.595. The zero-order valence-corrected chi connectivity index (χ0v) is 12.3. The highest BCUT2D eigenvalue weighted by Crippen LogP contribution is 2.48. The Labute approximate surface area is 116 Å². The standard InChI is InChI=1S/C16H28N2O/c1-10-4-3-5-13(8-10)18(2)16(19)14-11-6-7-12(9-11)15(14)17/h10-15H,3-9,17H2,1-2H3. The number of fused-ring (bicyclic) bond motifs is 2. The number of rotatable bonds is 2. The van der Waals surface area contributed by atoms with Gasteiger partial charge in [-0.1, -0.05) is 19.8 Å². The molecule has 108 valence electrons. The molecule has 3 rings (SSSR count). The third kappa shape index (κ3) is 2.31. The van der Waals surface area contributed by atoms with Crippen LogP contribution in [0.3, 0.4) is 0 Å². The van der Waals surface area contributed by atoms with E-state index >= 15 is 0 Å². The van der Waals surface area contributed by atoms with E-state index in [0.29, 0.717) is 23.8 Å². The number of nitrogens with two attached hydrogens (primary N) is 1. The molecule has 3 fully saturated rings. The fraction of sp³-hybridized carbons (Fsp3) is 0.938. The molecule has 3 heteroatoms. The molecule has 3 aliphatic carbocycles. The van der Waals surface area contributed by atoms with Crippen molar-refractivity contribution in [2.24, 2.45) is 29.4 Å². The maximum atomic E-state index is 12.8. The van der Waals surface area contributed by atoms with Crippen LogP contribution in [0.15, 0.2) is 0 Å². The Kier molecular flexibility index (Phi) is 3.59. The van der Waals surface area contributed by atoms with Crippen LogP contribution in [0.2, 0.25) is 0 Å². The summed E-state index contributed by atoms with van der Waals surface area (Å²) in [6.45, 7) is 2.31. The summed E-state index contributed by atoms with van der Waals surface area (Å²) in [6.07, 6.45) is 8.63. The second kappa shape index (κ2) is 5.08. The molecule has 6 atom stereocenters. The van der Waals surface area contributed by atoms with Gasteiger partial charge in [-0.05, 0) is 49.9 Å². The number of hydrogen-bond acceptors (Lipinski definition) is 2. The van der Waals surface area contributed by atoms with Gasteiger partial charge in [0.05, 0.1) is 5.92 Å². The number of nitrogens with zero attached hydrogens (tertiary/aromatic N) is 1. The van der Waals surface area contributed by atoms with E-state index in [-0.39, 0.29) is 12.0 Å². The van der Waals surface area contributed by atoms with E-state index in [9.17, 15) is 4.79 Å². The topological polar surface area (TPSA) is 46.3 Å². The second-order valence-electron chi connectivity index (χ2n) is 7.31. The summed E-state index contributed by atoms with van der Waals surface area (Å²) in [7, 11) is 2.02. The van der Waals surface area contributed by atoms with Crippen molar-refractivity contribution >= 4 is 5.91 Å². The number of hydrogen-bond donors (Lipinski definition) is 1. The van der Waals surface area contributed by atoms with E-state index in [1.54, 1.807) is 0 Å². The molecule has 0 radical (unpaired) electrons. The lowest BCUT2D eigenvalue weighted by atomic mass is 9.82. The van der Waals surface area contributed by atoms with E-state index in [1.165, 1.54) is 44.9 Å². The summed E-state index contributed by atoms with van der Waals surface area (Å²) < 4.78 is 0. The molecule has 0 aromatic carbocycles. The van der Waals surface area contributed by atoms with Crippen molar-refractivity contribution in [1.82, 2.24) is 4.90 Å². The van der Waals surface area contributed by atoms with Gasteiger partial charge in [-0.3, -0.25) is 4.79 Å². The van der Waals surface area contributed by atoms with Crippen LogP contribution in [0.4, 0.5) is 0 Å². The quantitative estimate of drug-likeness (QED) is 0.832. The molecular weight excluding hydrogens is 236 g/mol. The third-order valence-electron chi connectivity index (χ3n) is 6.07. The van der Waals surface area contributed by atoms with Crippen LogP contribution in [0.5, 0.6) is 0 Å². The zero-order chi connectivity index (χ0) is 13.6. The smallest absolute Gasteiger partial charge is 0.227 e. The Balaban J connectivity index is 1.66. The van der Waals surface area contributed by atoms with Crippen molar-refractivity contribution in [3.05, 3.63) is 0 Å². The highest BCUT2D eigenvalue weighted by molar-refractivity contribution is 5.80. The van der Waals surface area contributed by atoms with Gasteiger partial charge >= 0.3 is 0 Å². The van der Waals surface area contributed by atoms with E-state index in [4.69, 9.17) is 5.73 Å². The fourth-order valence-electron chi connectivity index (χ4n) is 4.87. The molecule has 0 saturated heterocycles. The number of amides is 1. The molecule has 0 heterocycles. The molecule has 0 spiro atoms. The van der Waals surface area contributed by atoms with Gasteiger partial charge in [0, 0.05) is 19.1 Å². The lowest BCUT2D eigenvalue weighted by molar-refractivity contribution is -0.139. The molecule has 2 N–H and O–H groups in total. The summed E-state index contributed by atoms with van der Waals surface area (Å²) in [5, 5.41) is 0. The van der Waals surface area contributed by atoms with E-state index in [1.807, 2.05) is 7.05 Å². The van der Waals surface area contributed by atoms with Gasteiger partial charge in [0.15, 0.2) is 0 Å². The van der Waals surface area contributed by atoms with Crippen LogP contribution in [-0.4, -0.2) is 29.9 Å². The number of carbonyl (C=O) groups excluding carboxylic acids is 1. The first-order valence-corrected chi connectivity index (χ1v) is 8.10. The molecule has 6 unspecified atom stereocenters. The van der Waals surface area contributed by atoms with Crippen LogP contribution in [0, 0.1) is 23.7 Å². The molecular formula is C16H28N2O. The molecule has 3 aliphatic rings. The highest BCUT2D eigenvalue weighted by Gasteiger charge is 2.50. The predicted molar refractivity (Wildman–Crippen MR) is 76.5 cm³/mol. The fourth-order valence-corrected chi connectivity index (χ4v) is 4.87. The highest BCUT2D eigenvalue weighted by atomic mass is 16.2. The summed E-state index contributed by atoms with van der Waals surface area (Å²) >= 11 is 0. The maximum absolute atomic E-state index is 12.8. The Morgan fingerprint density at radius 3 is 2.47 bits per heavy atom. The molecule has 0 aliphatic heterocycles. The van der Waals surface area contributed by atoms with Crippen LogP contribution >= 0.6 is 0 Å². The summed E-state index contributed by atoms with van der Waals surface area (Å²) in [5.41, 5.74) is 6.31. The van der Waals surface area contributed by atoms with Gasteiger partial charge in [-0.15, -0.1) is 0 Å². The summed E-state index contributed by atoms with van der Waals surface area (Å²) in [4.78, 5) is 14.9. The van der Waals surface area contributed by atoms with Crippen LogP contribution < -0.4 is 5.73 Å². The lowest BCUT2D eigenvalue weighted by Crippen LogP contribution is -2.49. The van der Waals surface area contributed by atoms with E-state index in [0.717, 1.165) is 5.92 Å². The molecule has 2 bridgehead atoms. The van der Waals surface area contributed by atoms with Gasteiger partial charge < -0.3 is 10.6 Å². The average Bonchev–Trinajstić information content (AvgIpc) is 2.98. The molecule has 19 heavy (non-hydrogen) atoms. The first kappa shape index (κ1) is 13.4. The van der Waals surface area contributed by atoms with Gasteiger partial charge in [-0.2, -0.15) is 0 Å². The number of carbonyl (C=O) groups is 1. The van der Waals surface area contributed by atoms with Crippen molar-refractivity contribution < 1.29 is 4.79 Å². The van der Waals surface area contributed by atoms with Crippen molar-refractivity contribution in [3.8, 4) is 0 Å². The minimum absolute atomic E-state index is 0.126. The maximum Gasteiger partial charge on any atom is 0.227 e. The van der Waals surface area contributed by atoms with Crippen molar-refractivity contribution in [2.45, 2.75) is 64.0 Å². The Morgan fingerprint density at radius 1 is 1.11 bits per heavy atom. The lowest BCUT2D eigenvalue weighted by Gasteiger charge is -2.38. The molecule has 3 nitrogen and oxygen atoms in total. The molecule has 0 aromatic heterocycles. The first-order chi connectivity index (χ1) is 9.08. The third-order valence-corrected chi connectivity index (χ3v) is 6.07. The summed E-state index contributed by atoms with van der Waals surface area (Å²) in [5.74, 6) is 2.44. The van der Waals surface area contributed by atoms with Gasteiger partial charge in [0.1, 0.15) is 0 Å². The van der Waals surface area contributed by atoms with Gasteiger partial charge in [-0.25, -0.2) is 0 Å². The van der Waals surface area contributed by atoms with Crippen molar-refractivity contribution in [2.75, 3.05) is 7.05 Å². The SMILES string of the molecule is CC1CCCC(N(C)C(=O)C2C3CCC(C3)C2N)C1. The average molecular weight is 264 g/mol. The van der Waals surface area contributed by atoms with Gasteiger partial charge in [0.2, 0.25) is 5.91 Å². The monoisotopic (exact) mass is 264 g/mol. The Bertz CT molecular complexity index is 355. The molecule has 0 aromatic rings. The Morgan fingerprint density at radius 2 is 1.84 bits per heavy atom. The van der Waals surface area contributed by atoms with Crippen LogP contribution in [0.25, 0.3) is 0 Å². The minimum Gasteiger partial charge on any atom is -0.342 e. The predicted octanol–water partition coefficient (Wildman–Crippen LogP) is 2.40. The van der Waals surface area contributed by atoms with Gasteiger partial charge in [0.25, 0.3) is 0 Å². The first-order valence-electron chi connectivity index (χ1n) is 8.10. The molecule has 1 amide bonds. The van der Waals surface area contributed by atoms with Crippen LogP contribution in [0.1, 0.15) is 51.9 Å². The van der Waals surface area contributed by atoms with E-state index in [2.05, 4.69) is 11.8 Å². The second-order valence-corrected chi connectivity index (χ2v) is 7.31. The zero-order valence-electron chi connectivity index (χ0n) is 12.3. The normalized spacial score (nSPS) is 45.4. The molecule has 3 saturated carbocycles. The largest absolute Gasteiger partial charge is 0.342 e. The van der Waals surface area contributed by atoms with Crippen LogP contribution in [-0.2, 0) is 4.79 Å². The Hall–Kier alpha value is -0.570. The minimum atomic E-state index is 0.126. The van der Waals surface area contributed by atoms with E-state index < -0.39 is 0 Å². The van der Waals surface area contributed by atoms with Crippen molar-refractivity contribution in [3.63, 3.8) is 0 Å².